The molecule has 2 heterocycles. The summed E-state index contributed by atoms with van der Waals surface area (Å²) in [7, 11) is 0. The quantitative estimate of drug-likeness (QED) is 0.867. The molecule has 0 aliphatic carbocycles. The van der Waals surface area contributed by atoms with E-state index in [2.05, 4.69) is 9.97 Å². The number of halogens is 1. The minimum atomic E-state index is -0.462. The van der Waals surface area contributed by atoms with E-state index in [4.69, 9.17) is 4.74 Å². The zero-order valence-electron chi connectivity index (χ0n) is 11.2. The van der Waals surface area contributed by atoms with Crippen LogP contribution in [-0.4, -0.2) is 41.4 Å². The van der Waals surface area contributed by atoms with Crippen molar-refractivity contribution in [1.29, 1.82) is 0 Å². The lowest BCUT2D eigenvalue weighted by Crippen LogP contribution is -2.38. The van der Waals surface area contributed by atoms with Crippen LogP contribution in [0.15, 0.2) is 29.1 Å². The summed E-state index contributed by atoms with van der Waals surface area (Å²) in [4.78, 5) is 20.7. The number of anilines is 1. The molecular weight excluding hydrogens is 277 g/mol. The molecule has 1 saturated heterocycles. The predicted octanol–water partition coefficient (Wildman–Crippen LogP) is 1.12. The molecule has 0 spiro atoms. The molecule has 2 aromatic rings. The molecule has 0 atom stereocenters. The largest absolute Gasteiger partial charge is 0.493 e. The summed E-state index contributed by atoms with van der Waals surface area (Å²) < 4.78 is 18.2. The number of hydrogen-bond donors (Lipinski definition) is 2. The molecule has 110 valence electrons. The molecule has 2 N–H and O–H groups in total. The molecule has 7 heteroatoms. The van der Waals surface area contributed by atoms with Gasteiger partial charge in [0.15, 0.2) is 0 Å². The summed E-state index contributed by atoms with van der Waals surface area (Å²) in [6.07, 6.45) is 0. The number of H-pyrrole nitrogens is 1. The van der Waals surface area contributed by atoms with Gasteiger partial charge in [0.05, 0.1) is 13.2 Å². The van der Waals surface area contributed by atoms with Gasteiger partial charge in [0, 0.05) is 13.1 Å². The Labute approximate surface area is 119 Å². The van der Waals surface area contributed by atoms with Gasteiger partial charge >= 0.3 is 0 Å². The highest BCUT2D eigenvalue weighted by molar-refractivity contribution is 5.67. The maximum absolute atomic E-state index is 12.9. The molecular formula is C14H14FN3O3. The van der Waals surface area contributed by atoms with Crippen molar-refractivity contribution in [2.75, 3.05) is 31.2 Å². The van der Waals surface area contributed by atoms with Crippen molar-refractivity contribution in [1.82, 2.24) is 9.97 Å². The van der Waals surface area contributed by atoms with Crippen LogP contribution in [0.3, 0.4) is 0 Å². The molecule has 3 rings (SSSR count). The van der Waals surface area contributed by atoms with E-state index < -0.39 is 11.4 Å². The standard InChI is InChI=1S/C14H14FN3O3/c15-10-3-1-9(2-4-10)11-12(19)16-14(17-13(11)20)18-5-7-21-8-6-18/h1-4H,5-8H2,(H2,16,17,19,20). The van der Waals surface area contributed by atoms with E-state index in [0.717, 1.165) is 0 Å². The second-order valence-electron chi connectivity index (χ2n) is 4.69. The normalized spacial score (nSPS) is 15.2. The maximum atomic E-state index is 12.9. The Kier molecular flexibility index (Phi) is 3.57. The molecule has 1 aromatic carbocycles. The van der Waals surface area contributed by atoms with Crippen molar-refractivity contribution in [3.8, 4) is 17.0 Å². The van der Waals surface area contributed by atoms with Crippen molar-refractivity contribution < 1.29 is 14.2 Å². The zero-order valence-corrected chi connectivity index (χ0v) is 11.2. The van der Waals surface area contributed by atoms with Crippen LogP contribution in [0.25, 0.3) is 11.1 Å². The summed E-state index contributed by atoms with van der Waals surface area (Å²) in [5, 5.41) is 10.0. The summed E-state index contributed by atoms with van der Waals surface area (Å²) in [5.41, 5.74) is -0.0150. The van der Waals surface area contributed by atoms with E-state index in [0.29, 0.717) is 37.8 Å². The molecule has 0 saturated carbocycles. The smallest absolute Gasteiger partial charge is 0.264 e. The fourth-order valence-corrected chi connectivity index (χ4v) is 2.25. The van der Waals surface area contributed by atoms with Gasteiger partial charge in [-0.3, -0.25) is 9.78 Å². The van der Waals surface area contributed by atoms with Gasteiger partial charge in [-0.15, -0.1) is 0 Å². The first-order chi connectivity index (χ1) is 10.1. The maximum Gasteiger partial charge on any atom is 0.264 e. The zero-order chi connectivity index (χ0) is 14.8. The fourth-order valence-electron chi connectivity index (χ4n) is 2.25. The molecule has 6 nitrogen and oxygen atoms in total. The monoisotopic (exact) mass is 291 g/mol. The molecule has 0 bridgehead atoms. The van der Waals surface area contributed by atoms with Crippen molar-refractivity contribution in [3.05, 3.63) is 40.4 Å². The van der Waals surface area contributed by atoms with Crippen molar-refractivity contribution in [2.45, 2.75) is 0 Å². The Hall–Kier alpha value is -2.41. The first-order valence-corrected chi connectivity index (χ1v) is 6.57. The van der Waals surface area contributed by atoms with E-state index in [-0.39, 0.29) is 11.4 Å². The lowest BCUT2D eigenvalue weighted by Gasteiger charge is -2.27. The van der Waals surface area contributed by atoms with Crippen LogP contribution in [0.4, 0.5) is 10.3 Å². The number of aromatic amines is 1. The predicted molar refractivity (Wildman–Crippen MR) is 74.9 cm³/mol. The number of benzene rings is 1. The average Bonchev–Trinajstić information content (AvgIpc) is 2.49. The third kappa shape index (κ3) is 2.73. The van der Waals surface area contributed by atoms with Crippen LogP contribution in [0.2, 0.25) is 0 Å². The van der Waals surface area contributed by atoms with E-state index >= 15 is 0 Å². The lowest BCUT2D eigenvalue weighted by atomic mass is 10.1. The van der Waals surface area contributed by atoms with Crippen LogP contribution in [-0.2, 0) is 4.74 Å². The van der Waals surface area contributed by atoms with Gasteiger partial charge in [0.2, 0.25) is 11.8 Å². The Morgan fingerprint density at radius 1 is 1.24 bits per heavy atom. The number of rotatable bonds is 2. The molecule has 0 unspecified atom stereocenters. The van der Waals surface area contributed by atoms with E-state index in [1.807, 2.05) is 4.90 Å². The van der Waals surface area contributed by atoms with Crippen LogP contribution >= 0.6 is 0 Å². The lowest BCUT2D eigenvalue weighted by molar-refractivity contribution is 0.122. The number of ether oxygens (including phenoxy) is 1. The highest BCUT2D eigenvalue weighted by Crippen LogP contribution is 2.25. The van der Waals surface area contributed by atoms with Crippen LogP contribution in [0.1, 0.15) is 0 Å². The molecule has 1 aliphatic rings. The van der Waals surface area contributed by atoms with Crippen LogP contribution in [0.5, 0.6) is 5.88 Å². The SMILES string of the molecule is O=c1[nH]c(N2CCOCC2)nc(O)c1-c1ccc(F)cc1. The third-order valence-electron chi connectivity index (χ3n) is 3.33. The van der Waals surface area contributed by atoms with Gasteiger partial charge in [0.1, 0.15) is 11.4 Å². The molecule has 21 heavy (non-hydrogen) atoms. The first-order valence-electron chi connectivity index (χ1n) is 6.57. The highest BCUT2D eigenvalue weighted by Gasteiger charge is 2.18. The molecule has 1 fully saturated rings. The number of nitrogens with zero attached hydrogens (tertiary/aromatic N) is 2. The summed E-state index contributed by atoms with van der Waals surface area (Å²) in [6, 6.07) is 5.31. The molecule has 0 amide bonds. The van der Waals surface area contributed by atoms with Crippen molar-refractivity contribution in [2.24, 2.45) is 0 Å². The Bertz CT molecular complexity index is 694. The molecule has 1 aromatic heterocycles. The second-order valence-corrected chi connectivity index (χ2v) is 4.69. The number of nitrogens with one attached hydrogen (secondary N) is 1. The summed E-state index contributed by atoms with van der Waals surface area (Å²) in [6.45, 7) is 2.28. The summed E-state index contributed by atoms with van der Waals surface area (Å²) >= 11 is 0. The molecule has 1 aliphatic heterocycles. The molecule has 0 radical (unpaired) electrons. The summed E-state index contributed by atoms with van der Waals surface area (Å²) in [5.74, 6) is -0.467. The Morgan fingerprint density at radius 2 is 1.90 bits per heavy atom. The van der Waals surface area contributed by atoms with Gasteiger partial charge < -0.3 is 14.7 Å². The number of aromatic hydroxyl groups is 1. The minimum absolute atomic E-state index is 0.0343. The average molecular weight is 291 g/mol. The van der Waals surface area contributed by atoms with Gasteiger partial charge in [-0.05, 0) is 17.7 Å². The fraction of sp³-hybridized carbons (Fsp3) is 0.286. The minimum Gasteiger partial charge on any atom is -0.493 e. The van der Waals surface area contributed by atoms with Gasteiger partial charge in [-0.1, -0.05) is 12.1 Å². The second kappa shape index (κ2) is 5.53. The van der Waals surface area contributed by atoms with Gasteiger partial charge in [0.25, 0.3) is 5.56 Å². The van der Waals surface area contributed by atoms with Crippen molar-refractivity contribution in [3.63, 3.8) is 0 Å². The Morgan fingerprint density at radius 3 is 2.52 bits per heavy atom. The highest BCUT2D eigenvalue weighted by atomic mass is 19.1. The van der Waals surface area contributed by atoms with Crippen molar-refractivity contribution >= 4 is 5.95 Å². The number of aromatic nitrogens is 2. The Balaban J connectivity index is 2.00. The van der Waals surface area contributed by atoms with E-state index in [9.17, 15) is 14.3 Å². The number of morpholine rings is 1. The van der Waals surface area contributed by atoms with Gasteiger partial charge in [-0.2, -0.15) is 4.98 Å². The van der Waals surface area contributed by atoms with Crippen LogP contribution < -0.4 is 10.5 Å². The van der Waals surface area contributed by atoms with E-state index in [1.54, 1.807) is 0 Å². The van der Waals surface area contributed by atoms with E-state index in [1.165, 1.54) is 24.3 Å². The van der Waals surface area contributed by atoms with Crippen LogP contribution in [0, 0.1) is 5.82 Å². The van der Waals surface area contributed by atoms with Gasteiger partial charge in [-0.25, -0.2) is 4.39 Å². The first kappa shape index (κ1) is 13.6. The third-order valence-corrected chi connectivity index (χ3v) is 3.33. The topological polar surface area (TPSA) is 78.5 Å². The number of hydrogen-bond acceptors (Lipinski definition) is 5.